The van der Waals surface area contributed by atoms with Crippen LogP contribution in [-0.4, -0.2) is 28.4 Å². The number of hydrogen-bond donors (Lipinski definition) is 1. The third-order valence-corrected chi connectivity index (χ3v) is 2.69. The van der Waals surface area contributed by atoms with Crippen LogP contribution in [0.3, 0.4) is 0 Å². The molecule has 6 nitrogen and oxygen atoms in total. The van der Waals surface area contributed by atoms with Crippen molar-refractivity contribution in [3.63, 3.8) is 0 Å². The largest absolute Gasteiger partial charge is 0.443 e. The molecule has 1 aromatic rings. The molecule has 0 unspecified atom stereocenters. The Labute approximate surface area is 140 Å². The quantitative estimate of drug-likeness (QED) is 0.444. The van der Waals surface area contributed by atoms with Gasteiger partial charge in [0.15, 0.2) is 0 Å². The van der Waals surface area contributed by atoms with Crippen LogP contribution >= 0.6 is 11.3 Å². The van der Waals surface area contributed by atoms with Crippen molar-refractivity contribution in [2.45, 2.75) is 52.7 Å². The van der Waals surface area contributed by atoms with Gasteiger partial charge >= 0.3 is 12.2 Å². The summed E-state index contributed by atoms with van der Waals surface area (Å²) >= 11 is 1.48. The van der Waals surface area contributed by atoms with Crippen molar-refractivity contribution in [2.75, 3.05) is 0 Å². The number of amides is 2. The van der Waals surface area contributed by atoms with Gasteiger partial charge in [0.05, 0.1) is 0 Å². The van der Waals surface area contributed by atoms with E-state index < -0.39 is 23.4 Å². The van der Waals surface area contributed by atoms with Gasteiger partial charge in [-0.2, -0.15) is 11.3 Å². The van der Waals surface area contributed by atoms with E-state index in [0.29, 0.717) is 0 Å². The van der Waals surface area contributed by atoms with E-state index in [4.69, 9.17) is 9.47 Å². The van der Waals surface area contributed by atoms with E-state index in [9.17, 15) is 9.59 Å². The first-order valence-electron chi connectivity index (χ1n) is 7.03. The second-order valence-electron chi connectivity index (χ2n) is 6.68. The second kappa shape index (κ2) is 7.38. The Morgan fingerprint density at radius 3 is 2.22 bits per heavy atom. The van der Waals surface area contributed by atoms with Crippen LogP contribution in [0.15, 0.2) is 16.8 Å². The minimum Gasteiger partial charge on any atom is -0.443 e. The van der Waals surface area contributed by atoms with Crippen LogP contribution in [0, 0.1) is 12.0 Å². The summed E-state index contributed by atoms with van der Waals surface area (Å²) in [5.41, 5.74) is 1.61. The molecule has 7 heteroatoms. The molecule has 0 radical (unpaired) electrons. The normalized spacial score (nSPS) is 11.0. The van der Waals surface area contributed by atoms with Crippen LogP contribution in [0.4, 0.5) is 9.59 Å². The smallest absolute Gasteiger partial charge is 0.441 e. The van der Waals surface area contributed by atoms with Crippen LogP contribution in [0.2, 0.25) is 0 Å². The average molecular weight is 338 g/mol. The lowest BCUT2D eigenvalue weighted by Gasteiger charge is -2.25. The number of hydrogen-bond acceptors (Lipinski definition) is 5. The van der Waals surface area contributed by atoms with E-state index >= 15 is 0 Å². The summed E-state index contributed by atoms with van der Waals surface area (Å²) in [6.07, 6.45) is -1.57. The topological polar surface area (TPSA) is 67.9 Å². The third-order valence-electron chi connectivity index (χ3n) is 2.01. The molecule has 0 aliphatic rings. The van der Waals surface area contributed by atoms with Crippen LogP contribution in [0.25, 0.3) is 0 Å². The zero-order valence-corrected chi connectivity index (χ0v) is 15.0. The first kappa shape index (κ1) is 18.8. The molecule has 23 heavy (non-hydrogen) atoms. The SMILES string of the molecule is CC(C)(C)OC(=O)NN(C#Cc1ccsc1)C(=O)OC(C)(C)C. The van der Waals surface area contributed by atoms with Crippen molar-refractivity contribution >= 4 is 23.5 Å². The molecule has 1 N–H and O–H groups in total. The summed E-state index contributed by atoms with van der Waals surface area (Å²) in [4.78, 5) is 24.0. The number of thiophene rings is 1. The van der Waals surface area contributed by atoms with Gasteiger partial charge in [0.2, 0.25) is 0 Å². The standard InChI is InChI=1S/C16H22N2O4S/c1-15(2,3)21-13(19)17-18(14(20)22-16(4,5)6)9-7-12-8-10-23-11-12/h8,10-11H,1-6H3,(H,17,19). The molecular formula is C16H22N2O4S. The fourth-order valence-electron chi connectivity index (χ4n) is 1.28. The predicted molar refractivity (Wildman–Crippen MR) is 88.6 cm³/mol. The summed E-state index contributed by atoms with van der Waals surface area (Å²) < 4.78 is 10.3. The molecule has 0 fully saturated rings. The highest BCUT2D eigenvalue weighted by atomic mass is 32.1. The van der Waals surface area contributed by atoms with Gasteiger partial charge in [-0.15, -0.1) is 5.01 Å². The van der Waals surface area contributed by atoms with Crippen LogP contribution in [0.1, 0.15) is 47.1 Å². The summed E-state index contributed by atoms with van der Waals surface area (Å²) in [7, 11) is 0. The van der Waals surface area contributed by atoms with Gasteiger partial charge in [-0.3, -0.25) is 0 Å². The molecule has 1 rings (SSSR count). The van der Waals surface area contributed by atoms with E-state index in [1.807, 2.05) is 10.8 Å². The zero-order valence-electron chi connectivity index (χ0n) is 14.2. The van der Waals surface area contributed by atoms with Gasteiger partial charge in [-0.25, -0.2) is 15.0 Å². The highest BCUT2D eigenvalue weighted by Gasteiger charge is 2.25. The lowest BCUT2D eigenvalue weighted by atomic mass is 10.2. The second-order valence-corrected chi connectivity index (χ2v) is 7.46. The molecule has 1 heterocycles. The summed E-state index contributed by atoms with van der Waals surface area (Å²) in [6, 6.07) is 4.37. The third kappa shape index (κ3) is 8.12. The summed E-state index contributed by atoms with van der Waals surface area (Å²) in [5.74, 6) is 2.77. The fraction of sp³-hybridized carbons (Fsp3) is 0.500. The van der Waals surface area contributed by atoms with Gasteiger partial charge in [0.25, 0.3) is 0 Å². The minimum absolute atomic E-state index is 0.690. The lowest BCUT2D eigenvalue weighted by molar-refractivity contribution is 0.0142. The van der Waals surface area contributed by atoms with Crippen LogP contribution < -0.4 is 5.43 Å². The van der Waals surface area contributed by atoms with E-state index in [2.05, 4.69) is 17.4 Å². The first-order valence-corrected chi connectivity index (χ1v) is 7.97. The van der Waals surface area contributed by atoms with Crippen molar-refractivity contribution in [3.8, 4) is 12.0 Å². The first-order chi connectivity index (χ1) is 10.5. The molecule has 126 valence electrons. The average Bonchev–Trinajstić information content (AvgIpc) is 2.82. The number of ether oxygens (including phenoxy) is 2. The van der Waals surface area contributed by atoms with Crippen molar-refractivity contribution in [1.29, 1.82) is 0 Å². The van der Waals surface area contributed by atoms with E-state index in [-0.39, 0.29) is 0 Å². The maximum absolute atomic E-state index is 12.2. The molecule has 0 aliphatic carbocycles. The Hall–Kier alpha value is -2.20. The molecule has 1 aromatic heterocycles. The molecule has 0 saturated carbocycles. The molecule has 0 aliphatic heterocycles. The molecule has 0 atom stereocenters. The molecule has 0 spiro atoms. The van der Waals surface area contributed by atoms with Gasteiger partial charge in [-0.05, 0) is 58.9 Å². The van der Waals surface area contributed by atoms with Crippen molar-refractivity contribution < 1.29 is 19.1 Å². The van der Waals surface area contributed by atoms with Crippen molar-refractivity contribution in [2.24, 2.45) is 0 Å². The van der Waals surface area contributed by atoms with Gasteiger partial charge in [0.1, 0.15) is 11.2 Å². The highest BCUT2D eigenvalue weighted by Crippen LogP contribution is 2.10. The monoisotopic (exact) mass is 338 g/mol. The Morgan fingerprint density at radius 2 is 1.74 bits per heavy atom. The number of hydrazine groups is 1. The number of nitrogens with zero attached hydrogens (tertiary/aromatic N) is 1. The van der Waals surface area contributed by atoms with E-state index in [1.54, 1.807) is 47.6 Å². The van der Waals surface area contributed by atoms with Crippen molar-refractivity contribution in [3.05, 3.63) is 22.4 Å². The summed E-state index contributed by atoms with van der Waals surface area (Å²) in [6.45, 7) is 10.3. The lowest BCUT2D eigenvalue weighted by Crippen LogP contribution is -2.47. The van der Waals surface area contributed by atoms with E-state index in [0.717, 1.165) is 10.6 Å². The van der Waals surface area contributed by atoms with E-state index in [1.165, 1.54) is 11.3 Å². The number of rotatable bonds is 0. The predicted octanol–water partition coefficient (Wildman–Crippen LogP) is 3.73. The Morgan fingerprint density at radius 1 is 1.13 bits per heavy atom. The highest BCUT2D eigenvalue weighted by molar-refractivity contribution is 7.08. The van der Waals surface area contributed by atoms with Gasteiger partial charge < -0.3 is 9.47 Å². The molecular weight excluding hydrogens is 316 g/mol. The molecule has 2 amide bonds. The number of carbonyl (C=O) groups is 2. The zero-order chi connectivity index (χ0) is 17.7. The molecule has 0 saturated heterocycles. The fourth-order valence-corrected chi connectivity index (χ4v) is 1.86. The van der Waals surface area contributed by atoms with Crippen LogP contribution in [-0.2, 0) is 9.47 Å². The molecule has 0 aromatic carbocycles. The summed E-state index contributed by atoms with van der Waals surface area (Å²) in [5, 5.41) is 4.48. The van der Waals surface area contributed by atoms with Gasteiger partial charge in [-0.1, -0.05) is 0 Å². The van der Waals surface area contributed by atoms with Gasteiger partial charge in [0, 0.05) is 17.0 Å². The maximum atomic E-state index is 12.2. The maximum Gasteiger partial charge on any atom is 0.441 e. The molecule has 0 bridgehead atoms. The minimum atomic E-state index is -0.789. The Kier molecular flexibility index (Phi) is 6.05. The number of carbonyl (C=O) groups excluding carboxylic acids is 2. The van der Waals surface area contributed by atoms with Crippen LogP contribution in [0.5, 0.6) is 0 Å². The Balaban J connectivity index is 2.88. The number of nitrogens with one attached hydrogen (secondary N) is 1. The Bertz CT molecular complexity index is 601. The van der Waals surface area contributed by atoms with Crippen molar-refractivity contribution in [1.82, 2.24) is 10.4 Å².